The van der Waals surface area contributed by atoms with Crippen molar-refractivity contribution in [3.8, 4) is 11.5 Å². The molecule has 0 atom stereocenters. The summed E-state index contributed by atoms with van der Waals surface area (Å²) in [6.45, 7) is 1.45. The maximum atomic E-state index is 5.24. The molecule has 0 aliphatic heterocycles. The molecule has 0 radical (unpaired) electrons. The number of rotatable bonds is 7. The number of aromatic nitrogens is 2. The van der Waals surface area contributed by atoms with Crippen LogP contribution in [-0.2, 0) is 13.1 Å². The van der Waals surface area contributed by atoms with Gasteiger partial charge in [-0.25, -0.2) is 0 Å². The van der Waals surface area contributed by atoms with Gasteiger partial charge in [-0.3, -0.25) is 0 Å². The number of hydrogen-bond donors (Lipinski definition) is 0. The fourth-order valence-electron chi connectivity index (χ4n) is 2.60. The predicted octanol–water partition coefficient (Wildman–Crippen LogP) is 4.31. The average molecular weight is 461 g/mol. The zero-order valence-corrected chi connectivity index (χ0v) is 16.9. The molecule has 3 aromatic rings. The third-order valence-electron chi connectivity index (χ3n) is 4.01. The number of nitrogens with zero attached hydrogens (tertiary/aromatic N) is 3. The van der Waals surface area contributed by atoms with Gasteiger partial charge in [0.1, 0.15) is 15.2 Å². The van der Waals surface area contributed by atoms with Gasteiger partial charge in [0.25, 0.3) is 0 Å². The summed E-state index contributed by atoms with van der Waals surface area (Å²) in [5.41, 5.74) is 2.36. The quantitative estimate of drug-likeness (QED) is 0.491. The fourth-order valence-corrected chi connectivity index (χ4v) is 2.89. The summed E-state index contributed by atoms with van der Waals surface area (Å²) in [6, 6.07) is 20.1. The van der Waals surface area contributed by atoms with Crippen LogP contribution in [0.25, 0.3) is 0 Å². The third kappa shape index (κ3) is 4.85. The number of halogens is 1. The largest absolute Gasteiger partial charge is 0.497 e. The smallest absolute Gasteiger partial charge is 0.151 e. The van der Waals surface area contributed by atoms with Gasteiger partial charge in [-0.15, -0.1) is 10.2 Å². The van der Waals surface area contributed by atoms with Gasteiger partial charge in [0.05, 0.1) is 14.2 Å². The molecule has 0 aliphatic rings. The van der Waals surface area contributed by atoms with E-state index in [1.807, 2.05) is 36.4 Å². The first-order valence-electron chi connectivity index (χ1n) is 8.18. The lowest BCUT2D eigenvalue weighted by Gasteiger charge is -2.24. The molecular formula is C20H20IN3O2. The van der Waals surface area contributed by atoms with Gasteiger partial charge in [0.15, 0.2) is 5.82 Å². The zero-order chi connectivity index (χ0) is 18.4. The molecule has 3 rings (SSSR count). The fraction of sp³-hybridized carbons (Fsp3) is 0.200. The van der Waals surface area contributed by atoms with Crippen LogP contribution in [-0.4, -0.2) is 24.4 Å². The summed E-state index contributed by atoms with van der Waals surface area (Å²) < 4.78 is 11.4. The Kier molecular flexibility index (Phi) is 6.27. The average Bonchev–Trinajstić information content (AvgIpc) is 2.69. The topological polar surface area (TPSA) is 47.5 Å². The number of methoxy groups -OCH3 is 2. The van der Waals surface area contributed by atoms with E-state index in [0.29, 0.717) is 0 Å². The summed E-state index contributed by atoms with van der Waals surface area (Å²) in [5.74, 6) is 2.55. The number of anilines is 1. The van der Waals surface area contributed by atoms with E-state index in [0.717, 1.165) is 34.1 Å². The van der Waals surface area contributed by atoms with Crippen molar-refractivity contribution >= 4 is 28.4 Å². The normalized spacial score (nSPS) is 10.4. The Hall–Kier alpha value is -2.35. The van der Waals surface area contributed by atoms with Crippen molar-refractivity contribution in [1.29, 1.82) is 0 Å². The maximum Gasteiger partial charge on any atom is 0.151 e. The van der Waals surface area contributed by atoms with E-state index in [-0.39, 0.29) is 0 Å². The summed E-state index contributed by atoms with van der Waals surface area (Å²) >= 11 is 2.16. The van der Waals surface area contributed by atoms with E-state index < -0.39 is 0 Å². The minimum Gasteiger partial charge on any atom is -0.497 e. The lowest BCUT2D eigenvalue weighted by Crippen LogP contribution is -2.23. The van der Waals surface area contributed by atoms with Gasteiger partial charge >= 0.3 is 0 Å². The van der Waals surface area contributed by atoms with Crippen LogP contribution in [0.4, 0.5) is 5.82 Å². The summed E-state index contributed by atoms with van der Waals surface area (Å²) in [4.78, 5) is 2.20. The summed E-state index contributed by atoms with van der Waals surface area (Å²) in [7, 11) is 3.35. The van der Waals surface area contributed by atoms with E-state index in [1.54, 1.807) is 14.2 Å². The summed E-state index contributed by atoms with van der Waals surface area (Å²) in [5, 5.41) is 8.55. The van der Waals surface area contributed by atoms with E-state index in [9.17, 15) is 0 Å². The number of benzene rings is 2. The van der Waals surface area contributed by atoms with E-state index in [2.05, 4.69) is 62.0 Å². The van der Waals surface area contributed by atoms with Crippen LogP contribution >= 0.6 is 22.6 Å². The highest BCUT2D eigenvalue weighted by Crippen LogP contribution is 2.21. The molecule has 134 valence electrons. The molecule has 0 N–H and O–H groups in total. The molecular weight excluding hydrogens is 441 g/mol. The minimum atomic E-state index is 0.727. The van der Waals surface area contributed by atoms with Crippen LogP contribution in [0, 0.1) is 3.70 Å². The minimum absolute atomic E-state index is 0.727. The van der Waals surface area contributed by atoms with Crippen LogP contribution in [0.1, 0.15) is 11.1 Å². The molecule has 2 aromatic carbocycles. The molecule has 0 spiro atoms. The molecule has 6 heteroatoms. The highest BCUT2D eigenvalue weighted by molar-refractivity contribution is 14.1. The Balaban J connectivity index is 1.83. The lowest BCUT2D eigenvalue weighted by molar-refractivity contribution is 0.414. The molecule has 1 heterocycles. The molecule has 0 fully saturated rings. The van der Waals surface area contributed by atoms with Crippen molar-refractivity contribution in [3.63, 3.8) is 0 Å². The molecule has 26 heavy (non-hydrogen) atoms. The number of ether oxygens (including phenoxy) is 2. The number of hydrogen-bond acceptors (Lipinski definition) is 5. The Morgan fingerprint density at radius 3 is 1.62 bits per heavy atom. The molecule has 0 aliphatic carbocycles. The first kappa shape index (κ1) is 18.4. The van der Waals surface area contributed by atoms with Gasteiger partial charge in [0, 0.05) is 13.1 Å². The Morgan fingerprint density at radius 1 is 0.731 bits per heavy atom. The van der Waals surface area contributed by atoms with Crippen LogP contribution in [0.5, 0.6) is 11.5 Å². The second kappa shape index (κ2) is 8.84. The zero-order valence-electron chi connectivity index (χ0n) is 14.7. The van der Waals surface area contributed by atoms with Crippen LogP contribution in [0.3, 0.4) is 0 Å². The second-order valence-electron chi connectivity index (χ2n) is 5.77. The highest BCUT2D eigenvalue weighted by atomic mass is 127. The maximum absolute atomic E-state index is 5.24. The molecule has 0 amide bonds. The van der Waals surface area contributed by atoms with Gasteiger partial charge in [-0.1, -0.05) is 24.3 Å². The summed E-state index contributed by atoms with van der Waals surface area (Å²) in [6.07, 6.45) is 0. The SMILES string of the molecule is COc1ccc(CN(Cc2ccc(OC)cc2)c2ccc(I)nn2)cc1. The third-order valence-corrected chi connectivity index (χ3v) is 4.58. The monoisotopic (exact) mass is 461 g/mol. The van der Waals surface area contributed by atoms with Crippen molar-refractivity contribution < 1.29 is 9.47 Å². The van der Waals surface area contributed by atoms with E-state index >= 15 is 0 Å². The molecule has 0 saturated heterocycles. The van der Waals surface area contributed by atoms with Crippen LogP contribution in [0.2, 0.25) is 0 Å². The molecule has 0 saturated carbocycles. The molecule has 0 unspecified atom stereocenters. The van der Waals surface area contributed by atoms with Crippen molar-refractivity contribution in [2.45, 2.75) is 13.1 Å². The molecule has 0 bridgehead atoms. The first-order chi connectivity index (χ1) is 12.7. The predicted molar refractivity (Wildman–Crippen MR) is 111 cm³/mol. The highest BCUT2D eigenvalue weighted by Gasteiger charge is 2.11. The van der Waals surface area contributed by atoms with Crippen molar-refractivity contribution in [1.82, 2.24) is 10.2 Å². The van der Waals surface area contributed by atoms with Gasteiger partial charge in [0.2, 0.25) is 0 Å². The van der Waals surface area contributed by atoms with Crippen molar-refractivity contribution in [3.05, 3.63) is 75.5 Å². The van der Waals surface area contributed by atoms with Crippen molar-refractivity contribution in [2.75, 3.05) is 19.1 Å². The Morgan fingerprint density at radius 2 is 1.23 bits per heavy atom. The van der Waals surface area contributed by atoms with Gasteiger partial charge in [-0.2, -0.15) is 0 Å². The Bertz CT molecular complexity index is 772. The second-order valence-corrected chi connectivity index (χ2v) is 6.87. The van der Waals surface area contributed by atoms with Crippen LogP contribution < -0.4 is 14.4 Å². The first-order valence-corrected chi connectivity index (χ1v) is 9.26. The van der Waals surface area contributed by atoms with E-state index in [1.165, 1.54) is 11.1 Å². The molecule has 5 nitrogen and oxygen atoms in total. The standard InChI is InChI=1S/C20H20IN3O2/c1-25-17-7-3-15(4-8-17)13-24(20-12-11-19(21)22-23-20)14-16-5-9-18(26-2)10-6-16/h3-12H,13-14H2,1-2H3. The van der Waals surface area contributed by atoms with Gasteiger partial charge < -0.3 is 14.4 Å². The Labute approximate surface area is 167 Å². The van der Waals surface area contributed by atoms with Crippen molar-refractivity contribution in [2.24, 2.45) is 0 Å². The molecule has 1 aromatic heterocycles. The van der Waals surface area contributed by atoms with Crippen LogP contribution in [0.15, 0.2) is 60.7 Å². The van der Waals surface area contributed by atoms with Gasteiger partial charge in [-0.05, 0) is 70.1 Å². The van der Waals surface area contributed by atoms with E-state index in [4.69, 9.17) is 9.47 Å². The lowest BCUT2D eigenvalue weighted by atomic mass is 10.1.